The lowest BCUT2D eigenvalue weighted by atomic mass is 9.91. The quantitative estimate of drug-likeness (QED) is 0.283. The largest absolute Gasteiger partial charge is 0.411 e. The molecule has 1 N–H and O–H groups in total. The number of oxime groups is 1. The van der Waals surface area contributed by atoms with Gasteiger partial charge in [-0.3, -0.25) is 0 Å². The van der Waals surface area contributed by atoms with Crippen LogP contribution in [-0.2, 0) is 0 Å². The number of rotatable bonds is 3. The van der Waals surface area contributed by atoms with Crippen molar-refractivity contribution in [2.75, 3.05) is 0 Å². The van der Waals surface area contributed by atoms with Gasteiger partial charge in [-0.2, -0.15) is 0 Å². The highest BCUT2D eigenvalue weighted by Gasteiger charge is 2.27. The van der Waals surface area contributed by atoms with Crippen molar-refractivity contribution in [2.45, 2.75) is 26.3 Å². The van der Waals surface area contributed by atoms with Crippen molar-refractivity contribution in [3.63, 3.8) is 0 Å². The average molecular weight is 144 g/mol. The fourth-order valence-corrected chi connectivity index (χ4v) is 0.395. The van der Waals surface area contributed by atoms with Crippen molar-refractivity contribution in [1.82, 2.24) is 0 Å². The fourth-order valence-electron chi connectivity index (χ4n) is 0.395. The normalized spacial score (nSPS) is 17.6. The van der Waals surface area contributed by atoms with Crippen LogP contribution in [0.3, 0.4) is 0 Å². The van der Waals surface area contributed by atoms with Gasteiger partial charge in [0.2, 0.25) is 0 Å². The highest BCUT2D eigenvalue weighted by molar-refractivity contribution is 5.69. The Balaban J connectivity index is 4.37. The maximum atomic E-state index is 10.2. The summed E-state index contributed by atoms with van der Waals surface area (Å²) in [7, 11) is 0. The van der Waals surface area contributed by atoms with Crippen LogP contribution in [-0.4, -0.2) is 17.0 Å². The molecule has 4 nitrogen and oxygen atoms in total. The molecule has 0 unspecified atom stereocenters. The zero-order chi connectivity index (χ0) is 8.20. The third-order valence-electron chi connectivity index (χ3n) is 1.68. The molecule has 0 amide bonds. The Bertz CT molecular complexity index is 145. The van der Waals surface area contributed by atoms with Crippen LogP contribution in [0.25, 0.3) is 0 Å². The number of hydrogen-bond acceptors (Lipinski definition) is 4. The van der Waals surface area contributed by atoms with E-state index in [4.69, 9.17) is 5.21 Å². The summed E-state index contributed by atoms with van der Waals surface area (Å²) in [6.07, 6.45) is 1.14. The molecule has 0 aromatic rings. The minimum atomic E-state index is -0.880. The zero-order valence-corrected chi connectivity index (χ0v) is 6.40. The van der Waals surface area contributed by atoms with Crippen LogP contribution < -0.4 is 0 Å². The maximum absolute atomic E-state index is 10.2. The molecule has 58 valence electrons. The van der Waals surface area contributed by atoms with Gasteiger partial charge in [0.1, 0.15) is 5.54 Å². The van der Waals surface area contributed by atoms with Crippen molar-refractivity contribution < 1.29 is 5.21 Å². The van der Waals surface area contributed by atoms with E-state index in [0.717, 1.165) is 6.21 Å². The molecule has 0 fully saturated rings. The molecule has 0 spiro atoms. The van der Waals surface area contributed by atoms with Gasteiger partial charge in [-0.1, -0.05) is 24.2 Å². The molecule has 1 atom stereocenters. The lowest BCUT2D eigenvalue weighted by Crippen LogP contribution is -2.30. The first-order chi connectivity index (χ1) is 4.56. The third-order valence-corrected chi connectivity index (χ3v) is 1.68. The fraction of sp³-hybridized carbons (Fsp3) is 0.833. The van der Waals surface area contributed by atoms with E-state index < -0.39 is 5.54 Å². The number of hydrogen-bond donors (Lipinski definition) is 1. The van der Waals surface area contributed by atoms with Gasteiger partial charge in [-0.05, 0) is 12.8 Å². The summed E-state index contributed by atoms with van der Waals surface area (Å²) in [5, 5.41) is 13.8. The molecule has 0 aliphatic rings. The molecule has 0 bridgehead atoms. The van der Waals surface area contributed by atoms with Crippen LogP contribution in [0.5, 0.6) is 0 Å². The van der Waals surface area contributed by atoms with Crippen LogP contribution in [0.1, 0.15) is 20.8 Å². The van der Waals surface area contributed by atoms with E-state index in [2.05, 4.69) is 10.3 Å². The summed E-state index contributed by atoms with van der Waals surface area (Å²) in [5.74, 6) is 0.0425. The van der Waals surface area contributed by atoms with E-state index in [1.807, 2.05) is 13.8 Å². The number of nitroso groups, excluding NO2 is 1. The standard InChI is InChI=1S/C6H12N2O2/c1-5(2)6(3,8-10)4-7-9/h4-5,9H,1-3H3/b7-4+/t6-/m1/s1. The van der Waals surface area contributed by atoms with Gasteiger partial charge in [-0.15, -0.1) is 4.91 Å². The van der Waals surface area contributed by atoms with Gasteiger partial charge < -0.3 is 5.21 Å². The lowest BCUT2D eigenvalue weighted by Gasteiger charge is -2.18. The van der Waals surface area contributed by atoms with Gasteiger partial charge in [0.05, 0.1) is 6.21 Å². The Hall–Kier alpha value is -0.930. The van der Waals surface area contributed by atoms with Crippen molar-refractivity contribution in [3.8, 4) is 0 Å². The summed E-state index contributed by atoms with van der Waals surface area (Å²) in [6.45, 7) is 5.29. The Labute approximate surface area is 59.9 Å². The molecule has 0 aliphatic carbocycles. The van der Waals surface area contributed by atoms with Crippen LogP contribution in [0.4, 0.5) is 0 Å². The van der Waals surface area contributed by atoms with Crippen LogP contribution in [0.2, 0.25) is 0 Å². The maximum Gasteiger partial charge on any atom is 0.140 e. The SMILES string of the molecule is CC(C)[C@@](C)(/C=N/O)N=O. The number of nitrogens with zero attached hydrogens (tertiary/aromatic N) is 2. The van der Waals surface area contributed by atoms with E-state index in [0.29, 0.717) is 0 Å². The first kappa shape index (κ1) is 9.07. The van der Waals surface area contributed by atoms with Crippen molar-refractivity contribution >= 4 is 6.21 Å². The Morgan fingerprint density at radius 2 is 2.10 bits per heavy atom. The van der Waals surface area contributed by atoms with Gasteiger partial charge >= 0.3 is 0 Å². The highest BCUT2D eigenvalue weighted by atomic mass is 16.4. The zero-order valence-electron chi connectivity index (χ0n) is 6.40. The van der Waals surface area contributed by atoms with E-state index in [1.54, 1.807) is 6.92 Å². The molecular weight excluding hydrogens is 132 g/mol. The van der Waals surface area contributed by atoms with Gasteiger partial charge in [-0.25, -0.2) is 0 Å². The van der Waals surface area contributed by atoms with Crippen molar-refractivity contribution in [2.24, 2.45) is 16.3 Å². The predicted molar refractivity (Wildman–Crippen MR) is 39.3 cm³/mol. The van der Waals surface area contributed by atoms with Crippen LogP contribution in [0.15, 0.2) is 10.3 Å². The molecule has 4 heteroatoms. The second kappa shape index (κ2) is 3.29. The molecule has 0 heterocycles. The molecule has 10 heavy (non-hydrogen) atoms. The summed E-state index contributed by atoms with van der Waals surface area (Å²) in [6, 6.07) is 0. The molecule has 0 saturated heterocycles. The molecule has 0 rings (SSSR count). The van der Waals surface area contributed by atoms with E-state index in [-0.39, 0.29) is 5.92 Å². The minimum Gasteiger partial charge on any atom is -0.411 e. The van der Waals surface area contributed by atoms with Gasteiger partial charge in [0, 0.05) is 0 Å². The first-order valence-corrected chi connectivity index (χ1v) is 3.10. The average Bonchev–Trinajstić information content (AvgIpc) is 1.88. The molecule has 0 aliphatic heterocycles. The van der Waals surface area contributed by atoms with Gasteiger partial charge in [0.25, 0.3) is 0 Å². The summed E-state index contributed by atoms with van der Waals surface area (Å²) in [4.78, 5) is 10.2. The smallest absolute Gasteiger partial charge is 0.140 e. The predicted octanol–water partition coefficient (Wildman–Crippen LogP) is 1.63. The second-order valence-corrected chi connectivity index (χ2v) is 2.72. The Morgan fingerprint density at radius 3 is 2.20 bits per heavy atom. The molecule has 0 radical (unpaired) electrons. The molecule has 0 saturated carbocycles. The van der Waals surface area contributed by atoms with Crippen LogP contribution in [0, 0.1) is 10.8 Å². The highest BCUT2D eigenvalue weighted by Crippen LogP contribution is 2.18. The molecular formula is C6H12N2O2. The monoisotopic (exact) mass is 144 g/mol. The Kier molecular flexibility index (Phi) is 2.99. The summed E-state index contributed by atoms with van der Waals surface area (Å²) >= 11 is 0. The molecule has 0 aromatic carbocycles. The topological polar surface area (TPSA) is 62.0 Å². The van der Waals surface area contributed by atoms with Gasteiger partial charge in [0.15, 0.2) is 0 Å². The summed E-state index contributed by atoms with van der Waals surface area (Å²) in [5.41, 5.74) is -0.880. The first-order valence-electron chi connectivity index (χ1n) is 3.10. The van der Waals surface area contributed by atoms with Crippen LogP contribution >= 0.6 is 0 Å². The third kappa shape index (κ3) is 1.79. The minimum absolute atomic E-state index is 0.0425. The lowest BCUT2D eigenvalue weighted by molar-refractivity contribution is 0.312. The summed E-state index contributed by atoms with van der Waals surface area (Å²) < 4.78 is 0. The van der Waals surface area contributed by atoms with Crippen molar-refractivity contribution in [1.29, 1.82) is 0 Å². The second-order valence-electron chi connectivity index (χ2n) is 2.72. The van der Waals surface area contributed by atoms with Crippen molar-refractivity contribution in [3.05, 3.63) is 4.91 Å². The Morgan fingerprint density at radius 1 is 1.60 bits per heavy atom. The van der Waals surface area contributed by atoms with E-state index in [9.17, 15) is 4.91 Å². The van der Waals surface area contributed by atoms with E-state index in [1.165, 1.54) is 0 Å². The molecule has 0 aromatic heterocycles. The van der Waals surface area contributed by atoms with E-state index >= 15 is 0 Å².